The summed E-state index contributed by atoms with van der Waals surface area (Å²) in [5.74, 6) is 1.05. The van der Waals surface area contributed by atoms with Gasteiger partial charge in [-0.05, 0) is 36.8 Å². The zero-order chi connectivity index (χ0) is 19.7. The first-order valence-corrected chi connectivity index (χ1v) is 9.91. The van der Waals surface area contributed by atoms with E-state index >= 15 is 0 Å². The number of aromatic nitrogens is 2. The Bertz CT molecular complexity index is 866. The van der Waals surface area contributed by atoms with Gasteiger partial charge >= 0.3 is 0 Å². The maximum atomic E-state index is 13.8. The minimum Gasteiger partial charge on any atom is -0.353 e. The minimum absolute atomic E-state index is 0.121. The van der Waals surface area contributed by atoms with Crippen LogP contribution in [-0.4, -0.2) is 53.0 Å². The average Bonchev–Trinajstić information content (AvgIpc) is 3.10. The second kappa shape index (κ2) is 7.83. The molecule has 148 valence electrons. The summed E-state index contributed by atoms with van der Waals surface area (Å²) in [6, 6.07) is 5.74. The number of aryl methyl sites for hydroxylation is 1. The van der Waals surface area contributed by atoms with Crippen molar-refractivity contribution >= 4 is 11.7 Å². The molecule has 0 radical (unpaired) electrons. The minimum atomic E-state index is -0.730. The fraction of sp³-hybridized carbons (Fsp3) is 0.476. The molecule has 28 heavy (non-hydrogen) atoms. The van der Waals surface area contributed by atoms with Crippen molar-refractivity contribution in [2.24, 2.45) is 5.73 Å². The van der Waals surface area contributed by atoms with Crippen LogP contribution in [0.25, 0.3) is 0 Å². The van der Waals surface area contributed by atoms with Gasteiger partial charge in [0.2, 0.25) is 5.91 Å². The highest BCUT2D eigenvalue weighted by Gasteiger charge is 2.30. The number of nitrogens with two attached hydrogens (primary N) is 1. The third-order valence-corrected chi connectivity index (χ3v) is 5.86. The molecule has 1 aromatic heterocycles. The molecule has 0 spiro atoms. The Morgan fingerprint density at radius 1 is 1.25 bits per heavy atom. The van der Waals surface area contributed by atoms with E-state index in [2.05, 4.69) is 21.8 Å². The van der Waals surface area contributed by atoms with Gasteiger partial charge in [0, 0.05) is 37.4 Å². The molecular weight excluding hydrogens is 357 g/mol. The SMILES string of the molecule is CC1CCc2ncnc(N3CCN(C(=O)C(N)Cc4ccccc4F)CC3)c21. The molecule has 0 saturated carbocycles. The molecule has 1 fully saturated rings. The highest BCUT2D eigenvalue weighted by molar-refractivity contribution is 5.82. The first-order chi connectivity index (χ1) is 13.5. The zero-order valence-electron chi connectivity index (χ0n) is 16.1. The summed E-state index contributed by atoms with van der Waals surface area (Å²) >= 11 is 0. The summed E-state index contributed by atoms with van der Waals surface area (Å²) < 4.78 is 13.8. The van der Waals surface area contributed by atoms with E-state index in [1.165, 1.54) is 11.6 Å². The Morgan fingerprint density at radius 2 is 2.00 bits per heavy atom. The summed E-state index contributed by atoms with van der Waals surface area (Å²) in [5.41, 5.74) is 8.99. The van der Waals surface area contributed by atoms with Crippen LogP contribution in [0, 0.1) is 5.82 Å². The molecule has 4 rings (SSSR count). The van der Waals surface area contributed by atoms with Gasteiger partial charge < -0.3 is 15.5 Å². The van der Waals surface area contributed by atoms with Crippen LogP contribution in [0.3, 0.4) is 0 Å². The fourth-order valence-corrected chi connectivity index (χ4v) is 4.24. The maximum absolute atomic E-state index is 13.8. The van der Waals surface area contributed by atoms with Gasteiger partial charge in [-0.1, -0.05) is 25.1 Å². The van der Waals surface area contributed by atoms with Crippen LogP contribution in [0.2, 0.25) is 0 Å². The average molecular weight is 383 g/mol. The lowest BCUT2D eigenvalue weighted by Gasteiger charge is -2.37. The predicted octanol–water partition coefficient (Wildman–Crippen LogP) is 1.88. The molecule has 1 aliphatic carbocycles. The largest absolute Gasteiger partial charge is 0.353 e. The molecule has 2 atom stereocenters. The number of rotatable bonds is 4. The Hall–Kier alpha value is -2.54. The summed E-state index contributed by atoms with van der Waals surface area (Å²) in [5, 5.41) is 0. The number of carbonyl (C=O) groups excluding carboxylic acids is 1. The normalized spacial score (nSPS) is 20.2. The molecule has 2 aliphatic rings. The molecule has 6 nitrogen and oxygen atoms in total. The van der Waals surface area contributed by atoms with Crippen LogP contribution in [-0.2, 0) is 17.6 Å². The Balaban J connectivity index is 1.39. The van der Waals surface area contributed by atoms with Crippen molar-refractivity contribution < 1.29 is 9.18 Å². The summed E-state index contributed by atoms with van der Waals surface area (Å²) in [7, 11) is 0. The number of amides is 1. The lowest BCUT2D eigenvalue weighted by molar-refractivity contribution is -0.132. The zero-order valence-corrected chi connectivity index (χ0v) is 16.1. The molecule has 1 amide bonds. The van der Waals surface area contributed by atoms with Crippen molar-refractivity contribution in [2.75, 3.05) is 31.1 Å². The molecule has 2 aromatic rings. The molecule has 2 unspecified atom stereocenters. The number of fused-ring (bicyclic) bond motifs is 1. The van der Waals surface area contributed by atoms with Crippen LogP contribution >= 0.6 is 0 Å². The first-order valence-electron chi connectivity index (χ1n) is 9.91. The number of halogens is 1. The third kappa shape index (κ3) is 3.58. The summed E-state index contributed by atoms with van der Waals surface area (Å²) in [6.07, 6.45) is 3.98. The molecule has 1 saturated heterocycles. The highest BCUT2D eigenvalue weighted by atomic mass is 19.1. The quantitative estimate of drug-likeness (QED) is 0.873. The summed E-state index contributed by atoms with van der Waals surface area (Å²) in [6.45, 7) is 4.84. The smallest absolute Gasteiger partial charge is 0.239 e. The van der Waals surface area contributed by atoms with Crippen molar-refractivity contribution in [2.45, 2.75) is 38.1 Å². The molecule has 7 heteroatoms. The summed E-state index contributed by atoms with van der Waals surface area (Å²) in [4.78, 5) is 25.7. The van der Waals surface area contributed by atoms with Crippen molar-refractivity contribution in [3.8, 4) is 0 Å². The molecule has 0 bridgehead atoms. The van der Waals surface area contributed by atoms with E-state index in [4.69, 9.17) is 5.73 Å². The first kappa shape index (κ1) is 18.8. The number of anilines is 1. The topological polar surface area (TPSA) is 75.4 Å². The number of benzene rings is 1. The molecular formula is C21H26FN5O. The van der Waals surface area contributed by atoms with Gasteiger partial charge in [-0.15, -0.1) is 0 Å². The van der Waals surface area contributed by atoms with Gasteiger partial charge in [-0.2, -0.15) is 0 Å². The lowest BCUT2D eigenvalue weighted by Crippen LogP contribution is -2.54. The molecule has 1 aromatic carbocycles. The van der Waals surface area contributed by atoms with E-state index < -0.39 is 6.04 Å². The second-order valence-electron chi connectivity index (χ2n) is 7.71. The monoisotopic (exact) mass is 383 g/mol. The highest BCUT2D eigenvalue weighted by Crippen LogP contribution is 2.37. The van der Waals surface area contributed by atoms with E-state index in [1.54, 1.807) is 29.4 Å². The van der Waals surface area contributed by atoms with E-state index in [-0.39, 0.29) is 18.1 Å². The van der Waals surface area contributed by atoms with E-state index in [0.717, 1.165) is 24.4 Å². The molecule has 1 aliphatic heterocycles. The fourth-order valence-electron chi connectivity index (χ4n) is 4.24. The Morgan fingerprint density at radius 3 is 2.75 bits per heavy atom. The van der Waals surface area contributed by atoms with Crippen molar-refractivity contribution in [3.05, 3.63) is 53.2 Å². The maximum Gasteiger partial charge on any atom is 0.239 e. The number of hydrogen-bond donors (Lipinski definition) is 1. The van der Waals surface area contributed by atoms with Gasteiger partial charge in [-0.25, -0.2) is 14.4 Å². The molecule has 2 heterocycles. The lowest BCUT2D eigenvalue weighted by atomic mass is 10.0. The predicted molar refractivity (Wildman–Crippen MR) is 106 cm³/mol. The van der Waals surface area contributed by atoms with Gasteiger partial charge in [0.15, 0.2) is 0 Å². The third-order valence-electron chi connectivity index (χ3n) is 5.86. The van der Waals surface area contributed by atoms with Crippen molar-refractivity contribution in [1.29, 1.82) is 0 Å². The Labute approximate surface area is 164 Å². The number of carbonyl (C=O) groups is 1. The number of piperazine rings is 1. The van der Waals surface area contributed by atoms with Crippen molar-refractivity contribution in [3.63, 3.8) is 0 Å². The van der Waals surface area contributed by atoms with Gasteiger partial charge in [-0.3, -0.25) is 4.79 Å². The molecule has 2 N–H and O–H groups in total. The van der Waals surface area contributed by atoms with Crippen LogP contribution in [0.5, 0.6) is 0 Å². The van der Waals surface area contributed by atoms with E-state index in [9.17, 15) is 9.18 Å². The van der Waals surface area contributed by atoms with E-state index in [1.807, 2.05) is 0 Å². The van der Waals surface area contributed by atoms with Crippen LogP contribution < -0.4 is 10.6 Å². The van der Waals surface area contributed by atoms with Gasteiger partial charge in [0.05, 0.1) is 6.04 Å². The number of nitrogens with zero attached hydrogens (tertiary/aromatic N) is 4. The van der Waals surface area contributed by atoms with Crippen LogP contribution in [0.4, 0.5) is 10.2 Å². The number of hydrogen-bond acceptors (Lipinski definition) is 5. The Kier molecular flexibility index (Phi) is 5.26. The second-order valence-corrected chi connectivity index (χ2v) is 7.71. The standard InChI is InChI=1S/C21H26FN5O/c1-14-6-7-18-19(14)20(25-13-24-18)26-8-10-27(11-9-26)21(28)17(23)12-15-4-2-3-5-16(15)22/h2-5,13-14,17H,6-12,23H2,1H3. The van der Waals surface area contributed by atoms with Gasteiger partial charge in [0.25, 0.3) is 0 Å². The van der Waals surface area contributed by atoms with Crippen LogP contribution in [0.15, 0.2) is 30.6 Å². The van der Waals surface area contributed by atoms with Crippen LogP contribution in [0.1, 0.15) is 36.1 Å². The van der Waals surface area contributed by atoms with E-state index in [0.29, 0.717) is 37.7 Å². The van der Waals surface area contributed by atoms with Gasteiger partial charge in [0.1, 0.15) is 18.0 Å². The van der Waals surface area contributed by atoms with Crippen molar-refractivity contribution in [1.82, 2.24) is 14.9 Å².